The van der Waals surface area contributed by atoms with Crippen LogP contribution in [0.2, 0.25) is 0 Å². The molecule has 1 N–H and O–H groups in total. The molecule has 82 valence electrons. The molecule has 0 unspecified atom stereocenters. The Morgan fingerprint density at radius 1 is 1.33 bits per heavy atom. The van der Waals surface area contributed by atoms with Crippen LogP contribution in [0.25, 0.3) is 0 Å². The number of carbonyl (C=O) groups is 1. The third-order valence-electron chi connectivity index (χ3n) is 1.84. The first-order valence-electron chi connectivity index (χ1n) is 4.55. The minimum absolute atomic E-state index is 0.122. The molecule has 3 nitrogen and oxygen atoms in total. The van der Waals surface area contributed by atoms with Gasteiger partial charge in [0.25, 0.3) is 0 Å². The molecule has 0 aliphatic heterocycles. The van der Waals surface area contributed by atoms with Crippen LogP contribution in [0.3, 0.4) is 0 Å². The third kappa shape index (κ3) is 4.75. The number of alkyl halides is 1. The highest BCUT2D eigenvalue weighted by Crippen LogP contribution is 2.14. The van der Waals surface area contributed by atoms with E-state index in [0.717, 1.165) is 27.6 Å². The molecule has 0 saturated heterocycles. The summed E-state index contributed by atoms with van der Waals surface area (Å²) in [6.45, 7) is 0. The summed E-state index contributed by atoms with van der Waals surface area (Å²) in [6.07, 6.45) is 1.45. The molecule has 0 aliphatic carbocycles. The molecule has 1 aromatic rings. The van der Waals surface area contributed by atoms with Gasteiger partial charge in [0.2, 0.25) is 0 Å². The molecule has 5 heteroatoms. The maximum Gasteiger partial charge on any atom is 0.303 e. The molecule has 0 radical (unpaired) electrons. The van der Waals surface area contributed by atoms with Gasteiger partial charge >= 0.3 is 5.97 Å². The van der Waals surface area contributed by atoms with Gasteiger partial charge in [-0.1, -0.05) is 31.9 Å². The number of halogens is 2. The highest BCUT2D eigenvalue weighted by atomic mass is 79.9. The summed E-state index contributed by atoms with van der Waals surface area (Å²) < 4.78 is 0.953. The van der Waals surface area contributed by atoms with E-state index < -0.39 is 5.97 Å². The second-order valence-electron chi connectivity index (χ2n) is 3.10. The van der Waals surface area contributed by atoms with Crippen LogP contribution in [0.15, 0.2) is 16.6 Å². The van der Waals surface area contributed by atoms with Gasteiger partial charge < -0.3 is 5.11 Å². The number of aromatic nitrogens is 1. The summed E-state index contributed by atoms with van der Waals surface area (Å²) in [4.78, 5) is 14.8. The van der Waals surface area contributed by atoms with Gasteiger partial charge in [-0.3, -0.25) is 9.78 Å². The lowest BCUT2D eigenvalue weighted by Crippen LogP contribution is -2.01. The zero-order chi connectivity index (χ0) is 11.3. The topological polar surface area (TPSA) is 50.2 Å². The van der Waals surface area contributed by atoms with Crippen molar-refractivity contribution in [3.05, 3.63) is 28.0 Å². The zero-order valence-electron chi connectivity index (χ0n) is 8.04. The number of hydrogen-bond donors (Lipinski definition) is 1. The normalized spacial score (nSPS) is 10.3. The standard InChI is InChI=1S/C10H11Br2NO2/c11-4-3-9-6-7(12)5-8(13-9)1-2-10(14)15/h5-6H,1-4H2,(H,14,15). The van der Waals surface area contributed by atoms with Gasteiger partial charge in [0.05, 0.1) is 6.42 Å². The molecule has 0 fully saturated rings. The minimum Gasteiger partial charge on any atom is -0.481 e. The first kappa shape index (κ1) is 12.6. The lowest BCUT2D eigenvalue weighted by Gasteiger charge is -2.03. The Kier molecular flexibility index (Phi) is 5.25. The monoisotopic (exact) mass is 335 g/mol. The van der Waals surface area contributed by atoms with Crippen LogP contribution in [0, 0.1) is 0 Å². The lowest BCUT2D eigenvalue weighted by molar-refractivity contribution is -0.136. The van der Waals surface area contributed by atoms with Crippen molar-refractivity contribution in [2.45, 2.75) is 19.3 Å². The third-order valence-corrected chi connectivity index (χ3v) is 2.70. The number of carboxylic acids is 1. The molecule has 1 aromatic heterocycles. The molecule has 1 heterocycles. The van der Waals surface area contributed by atoms with E-state index in [0.29, 0.717) is 6.42 Å². The van der Waals surface area contributed by atoms with E-state index >= 15 is 0 Å². The molecule has 0 amide bonds. The van der Waals surface area contributed by atoms with Crippen molar-refractivity contribution in [2.24, 2.45) is 0 Å². The largest absolute Gasteiger partial charge is 0.481 e. The van der Waals surface area contributed by atoms with Gasteiger partial charge in [0.1, 0.15) is 0 Å². The summed E-state index contributed by atoms with van der Waals surface area (Å²) in [7, 11) is 0. The highest BCUT2D eigenvalue weighted by molar-refractivity contribution is 9.10. The zero-order valence-corrected chi connectivity index (χ0v) is 11.2. The number of aryl methyl sites for hydroxylation is 2. The maximum absolute atomic E-state index is 10.4. The smallest absolute Gasteiger partial charge is 0.303 e. The first-order chi connectivity index (χ1) is 7.11. The summed E-state index contributed by atoms with van der Waals surface area (Å²) in [6, 6.07) is 3.81. The van der Waals surface area contributed by atoms with Crippen molar-refractivity contribution in [1.29, 1.82) is 0 Å². The van der Waals surface area contributed by atoms with E-state index in [1.807, 2.05) is 12.1 Å². The molecule has 0 aromatic carbocycles. The Labute approximate surface area is 105 Å². The fourth-order valence-electron chi connectivity index (χ4n) is 1.20. The van der Waals surface area contributed by atoms with Crippen LogP contribution in [0.1, 0.15) is 17.8 Å². The lowest BCUT2D eigenvalue weighted by atomic mass is 10.2. The highest BCUT2D eigenvalue weighted by Gasteiger charge is 2.04. The van der Waals surface area contributed by atoms with Gasteiger partial charge in [-0.05, 0) is 18.6 Å². The van der Waals surface area contributed by atoms with Crippen LogP contribution in [-0.2, 0) is 17.6 Å². The number of hydrogen-bond acceptors (Lipinski definition) is 2. The Morgan fingerprint density at radius 3 is 2.47 bits per heavy atom. The fraction of sp³-hybridized carbons (Fsp3) is 0.400. The Bertz CT molecular complexity index is 355. The van der Waals surface area contributed by atoms with Gasteiger partial charge in [-0.25, -0.2) is 0 Å². The molecule has 0 aliphatic rings. The first-order valence-corrected chi connectivity index (χ1v) is 6.46. The van der Waals surface area contributed by atoms with E-state index in [9.17, 15) is 4.79 Å². The quantitative estimate of drug-likeness (QED) is 0.841. The summed E-state index contributed by atoms with van der Waals surface area (Å²) >= 11 is 6.74. The van der Waals surface area contributed by atoms with Crippen LogP contribution >= 0.6 is 31.9 Å². The van der Waals surface area contributed by atoms with E-state index in [-0.39, 0.29) is 6.42 Å². The van der Waals surface area contributed by atoms with Crippen molar-refractivity contribution in [3.63, 3.8) is 0 Å². The van der Waals surface area contributed by atoms with Crippen molar-refractivity contribution in [2.75, 3.05) is 5.33 Å². The minimum atomic E-state index is -0.793. The molecular weight excluding hydrogens is 326 g/mol. The van der Waals surface area contributed by atoms with Gasteiger partial charge in [-0.15, -0.1) is 0 Å². The van der Waals surface area contributed by atoms with Gasteiger partial charge in [-0.2, -0.15) is 0 Å². The molecule has 15 heavy (non-hydrogen) atoms. The number of carboxylic acid groups (broad SMARTS) is 1. The van der Waals surface area contributed by atoms with Gasteiger partial charge in [0.15, 0.2) is 0 Å². The number of nitrogens with zero attached hydrogens (tertiary/aromatic N) is 1. The molecule has 1 rings (SSSR count). The Morgan fingerprint density at radius 2 is 1.93 bits per heavy atom. The van der Waals surface area contributed by atoms with Crippen LogP contribution in [-0.4, -0.2) is 21.4 Å². The average molecular weight is 337 g/mol. The SMILES string of the molecule is O=C(O)CCc1cc(Br)cc(CCBr)n1. The van der Waals surface area contributed by atoms with E-state index in [4.69, 9.17) is 5.11 Å². The predicted octanol–water partition coefficient (Wildman–Crippen LogP) is 2.80. The van der Waals surface area contributed by atoms with E-state index in [1.165, 1.54) is 0 Å². The van der Waals surface area contributed by atoms with Crippen molar-refractivity contribution >= 4 is 37.8 Å². The van der Waals surface area contributed by atoms with Crippen molar-refractivity contribution in [1.82, 2.24) is 4.98 Å². The second-order valence-corrected chi connectivity index (χ2v) is 4.81. The number of aliphatic carboxylic acids is 1. The molecule has 0 bridgehead atoms. The fourth-order valence-corrected chi connectivity index (χ4v) is 2.13. The van der Waals surface area contributed by atoms with Crippen LogP contribution in [0.5, 0.6) is 0 Å². The number of rotatable bonds is 5. The average Bonchev–Trinajstić information content (AvgIpc) is 2.14. The molecule has 0 atom stereocenters. The maximum atomic E-state index is 10.4. The number of pyridine rings is 1. The summed E-state index contributed by atoms with van der Waals surface area (Å²) in [5.74, 6) is -0.793. The Hall–Kier alpha value is -0.420. The van der Waals surface area contributed by atoms with E-state index in [2.05, 4.69) is 36.8 Å². The summed E-state index contributed by atoms with van der Waals surface area (Å²) in [5, 5.41) is 9.43. The van der Waals surface area contributed by atoms with Gasteiger partial charge in [0, 0.05) is 27.6 Å². The predicted molar refractivity (Wildman–Crippen MR) is 65.4 cm³/mol. The summed E-state index contributed by atoms with van der Waals surface area (Å²) in [5.41, 5.74) is 1.80. The van der Waals surface area contributed by atoms with Crippen LogP contribution in [0.4, 0.5) is 0 Å². The van der Waals surface area contributed by atoms with Crippen molar-refractivity contribution < 1.29 is 9.90 Å². The molecule has 0 saturated carbocycles. The Balaban J connectivity index is 2.74. The van der Waals surface area contributed by atoms with Crippen LogP contribution < -0.4 is 0 Å². The molecule has 0 spiro atoms. The second kappa shape index (κ2) is 6.23. The van der Waals surface area contributed by atoms with Crippen molar-refractivity contribution in [3.8, 4) is 0 Å². The van der Waals surface area contributed by atoms with E-state index in [1.54, 1.807) is 0 Å². The molecular formula is C10H11Br2NO2.